The highest BCUT2D eigenvalue weighted by atomic mass is 35.5. The Morgan fingerprint density at radius 1 is 0.632 bits per heavy atom. The van der Waals surface area contributed by atoms with E-state index in [0.29, 0.717) is 12.1 Å². The van der Waals surface area contributed by atoms with E-state index < -0.39 is 27.7 Å². The van der Waals surface area contributed by atoms with Crippen molar-refractivity contribution in [3.63, 3.8) is 0 Å². The Bertz CT molecular complexity index is 2590. The van der Waals surface area contributed by atoms with Crippen LogP contribution in [0.1, 0.15) is 24.0 Å². The lowest BCUT2D eigenvalue weighted by atomic mass is 10.1. The average molecular weight is 804 g/mol. The molecular formula is C39H50ClN11O6. The van der Waals surface area contributed by atoms with Crippen molar-refractivity contribution in [2.45, 2.75) is 38.8 Å². The summed E-state index contributed by atoms with van der Waals surface area (Å²) in [6.45, 7) is 0.635. The highest BCUT2D eigenvalue weighted by Gasteiger charge is 2.17. The van der Waals surface area contributed by atoms with Crippen molar-refractivity contribution >= 4 is 56.3 Å². The molecule has 0 aliphatic carbocycles. The van der Waals surface area contributed by atoms with E-state index in [1.54, 1.807) is 7.05 Å². The van der Waals surface area contributed by atoms with Crippen LogP contribution < -0.4 is 38.0 Å². The van der Waals surface area contributed by atoms with Crippen LogP contribution in [-0.2, 0) is 63.7 Å². The molecule has 0 spiro atoms. The minimum Gasteiger partial charge on any atom is -0.378 e. The number of carbonyl (C=O) groups excluding carboxylic acids is 2. The molecule has 0 fully saturated rings. The summed E-state index contributed by atoms with van der Waals surface area (Å²) < 4.78 is 7.40. The third-order valence-corrected chi connectivity index (χ3v) is 9.45. The van der Waals surface area contributed by atoms with E-state index in [2.05, 4.69) is 63.4 Å². The molecule has 0 saturated carbocycles. The van der Waals surface area contributed by atoms with Gasteiger partial charge in [0.2, 0.25) is 5.24 Å². The number of aromatic nitrogens is 8. The number of ketones is 1. The molecule has 0 bridgehead atoms. The fourth-order valence-corrected chi connectivity index (χ4v) is 6.14. The zero-order valence-corrected chi connectivity index (χ0v) is 34.4. The summed E-state index contributed by atoms with van der Waals surface area (Å²) in [6, 6.07) is 16.8. The van der Waals surface area contributed by atoms with Crippen molar-refractivity contribution in [2.24, 2.45) is 33.9 Å². The van der Waals surface area contributed by atoms with Crippen LogP contribution in [0.2, 0.25) is 0 Å². The minimum absolute atomic E-state index is 0.0279. The van der Waals surface area contributed by atoms with Crippen molar-refractivity contribution in [3.05, 3.63) is 114 Å². The molecule has 18 heteroatoms. The zero-order chi connectivity index (χ0) is 42.1. The number of hydrogen-bond acceptors (Lipinski definition) is 11. The zero-order valence-electron chi connectivity index (χ0n) is 33.6. The molecule has 2 aromatic carbocycles. The van der Waals surface area contributed by atoms with Crippen LogP contribution in [0.5, 0.6) is 0 Å². The third kappa shape index (κ3) is 10.4. The molecule has 17 nitrogen and oxygen atoms in total. The number of hydrogen-bond donors (Lipinski definition) is 1. The normalized spacial score (nSPS) is 10.8. The van der Waals surface area contributed by atoms with E-state index in [1.807, 2.05) is 33.1 Å². The molecule has 6 rings (SSSR count). The molecule has 4 aromatic heterocycles. The number of rotatable bonds is 12. The van der Waals surface area contributed by atoms with Crippen molar-refractivity contribution in [2.75, 3.05) is 44.5 Å². The number of fused-ring (bicyclic) bond motifs is 2. The Balaban J connectivity index is 0.000000210. The average Bonchev–Trinajstić information content (AvgIpc) is 3.80. The first-order chi connectivity index (χ1) is 27.0. The number of carbonyl (C=O) groups is 2. The minimum atomic E-state index is -0.611. The molecule has 0 radical (unpaired) electrons. The molecule has 57 heavy (non-hydrogen) atoms. The van der Waals surface area contributed by atoms with Gasteiger partial charge in [-0.15, -0.1) is 0 Å². The second-order valence-electron chi connectivity index (χ2n) is 13.9. The third-order valence-electron chi connectivity index (χ3n) is 9.34. The molecule has 0 unspecified atom stereocenters. The van der Waals surface area contributed by atoms with Gasteiger partial charge in [-0.3, -0.25) is 37.4 Å². The number of benzene rings is 2. The van der Waals surface area contributed by atoms with Gasteiger partial charge in [-0.25, -0.2) is 19.6 Å². The van der Waals surface area contributed by atoms with Crippen LogP contribution in [0.15, 0.2) is 80.4 Å². The van der Waals surface area contributed by atoms with Crippen LogP contribution in [0.3, 0.4) is 0 Å². The van der Waals surface area contributed by atoms with Crippen molar-refractivity contribution < 1.29 is 9.59 Å². The Morgan fingerprint density at radius 3 is 1.42 bits per heavy atom. The number of anilines is 2. The lowest BCUT2D eigenvalue weighted by molar-refractivity contribution is -0.119. The largest absolute Gasteiger partial charge is 0.378 e. The maximum atomic E-state index is 12.4. The fourth-order valence-electron chi connectivity index (χ4n) is 6.01. The number of nitrogens with two attached hydrogens (primary N) is 1. The smallest absolute Gasteiger partial charge is 0.332 e. The second kappa shape index (κ2) is 19.2. The summed E-state index contributed by atoms with van der Waals surface area (Å²) in [7, 11) is 13.9. The monoisotopic (exact) mass is 803 g/mol. The SMILES string of the molecule is CN(C)c1ccc(CCCC(=O)Cn2cnc3c2c(=O)n(C)c(=O)n3C)cc1.CN(C)c1ccc(CCN)cc1.Cn1c(=O)c2c(ncn2CC(=O)Cl)n(C)c1=O. The van der Waals surface area contributed by atoms with Gasteiger partial charge in [-0.1, -0.05) is 24.3 Å². The maximum Gasteiger partial charge on any atom is 0.332 e. The summed E-state index contributed by atoms with van der Waals surface area (Å²) in [6.07, 6.45) is 5.70. The van der Waals surface area contributed by atoms with E-state index in [4.69, 9.17) is 17.3 Å². The molecule has 304 valence electrons. The highest BCUT2D eigenvalue weighted by Crippen LogP contribution is 2.15. The van der Waals surface area contributed by atoms with E-state index in [-0.39, 0.29) is 35.6 Å². The predicted molar refractivity (Wildman–Crippen MR) is 224 cm³/mol. The van der Waals surface area contributed by atoms with Gasteiger partial charge in [0, 0.05) is 74.2 Å². The first-order valence-electron chi connectivity index (χ1n) is 18.1. The number of aryl methyl sites for hydroxylation is 3. The Kier molecular flexibility index (Phi) is 14.7. The molecular weight excluding hydrogens is 754 g/mol. The van der Waals surface area contributed by atoms with Crippen LogP contribution in [-0.4, -0.2) is 83.1 Å². The van der Waals surface area contributed by atoms with Crippen molar-refractivity contribution in [3.8, 4) is 0 Å². The number of halogens is 1. The Morgan fingerprint density at radius 2 is 1.04 bits per heavy atom. The van der Waals surface area contributed by atoms with E-state index in [0.717, 1.165) is 40.6 Å². The van der Waals surface area contributed by atoms with Crippen molar-refractivity contribution in [1.29, 1.82) is 0 Å². The van der Waals surface area contributed by atoms with E-state index in [1.165, 1.54) is 68.9 Å². The summed E-state index contributed by atoms with van der Waals surface area (Å²) in [5.74, 6) is 0.0279. The standard InChI is InChI=1S/C20H25N5O3.C10H16N2.C9H9ClN4O3/c1-22(2)15-10-8-14(9-11-15)6-5-7-16(26)12-25-13-21-18-17(25)19(27)24(4)20(28)23(18)3;1-12(2)10-5-3-9(4-6-10)7-8-11;1-12-7-6(8(16)13(2)9(12)17)14(4-11-7)3-5(10)15/h8-11,13H,5-7,12H2,1-4H3;3-6H,7-8,11H2,1-2H3;4H,3H2,1-2H3. The summed E-state index contributed by atoms with van der Waals surface area (Å²) in [4.78, 5) is 83.4. The van der Waals surface area contributed by atoms with Gasteiger partial charge in [0.1, 0.15) is 0 Å². The molecule has 0 amide bonds. The maximum absolute atomic E-state index is 12.4. The summed E-state index contributed by atoms with van der Waals surface area (Å²) >= 11 is 5.27. The van der Waals surface area contributed by atoms with Gasteiger partial charge in [-0.05, 0) is 72.8 Å². The number of imidazole rings is 2. The van der Waals surface area contributed by atoms with Gasteiger partial charge in [-0.2, -0.15) is 0 Å². The van der Waals surface area contributed by atoms with Crippen LogP contribution in [0.4, 0.5) is 11.4 Å². The quantitative estimate of drug-likeness (QED) is 0.177. The van der Waals surface area contributed by atoms with Crippen LogP contribution >= 0.6 is 11.6 Å². The number of nitrogens with zero attached hydrogens (tertiary/aromatic N) is 10. The van der Waals surface area contributed by atoms with Gasteiger partial charge in [0.25, 0.3) is 11.1 Å². The van der Waals surface area contributed by atoms with Crippen LogP contribution in [0.25, 0.3) is 22.3 Å². The lowest BCUT2D eigenvalue weighted by Gasteiger charge is -2.12. The van der Waals surface area contributed by atoms with Crippen molar-refractivity contribution in [1.82, 2.24) is 37.4 Å². The van der Waals surface area contributed by atoms with Crippen LogP contribution in [0, 0.1) is 0 Å². The van der Waals surface area contributed by atoms with Gasteiger partial charge >= 0.3 is 11.4 Å². The molecule has 4 heterocycles. The molecule has 2 N–H and O–H groups in total. The molecule has 0 aliphatic rings. The Hall–Kier alpha value is -6.07. The summed E-state index contributed by atoms with van der Waals surface area (Å²) in [5, 5.41) is -0.611. The predicted octanol–water partition coefficient (Wildman–Crippen LogP) is 1.54. The molecule has 6 aromatic rings. The number of Topliss-reactive ketones (excluding diaryl/α,β-unsaturated/α-hetero) is 1. The topological polar surface area (TPSA) is 190 Å². The molecule has 0 saturated heterocycles. The first-order valence-corrected chi connectivity index (χ1v) is 18.5. The highest BCUT2D eigenvalue weighted by molar-refractivity contribution is 6.63. The van der Waals surface area contributed by atoms with E-state index in [9.17, 15) is 28.8 Å². The lowest BCUT2D eigenvalue weighted by Crippen LogP contribution is -2.37. The van der Waals surface area contributed by atoms with Gasteiger partial charge in [0.15, 0.2) is 28.1 Å². The first kappa shape index (κ1) is 43.7. The van der Waals surface area contributed by atoms with E-state index >= 15 is 0 Å². The van der Waals surface area contributed by atoms with Gasteiger partial charge in [0.05, 0.1) is 25.7 Å². The fraction of sp³-hybridized carbons (Fsp3) is 0.385. The summed E-state index contributed by atoms with van der Waals surface area (Å²) in [5.41, 5.74) is 9.46. The second-order valence-corrected chi connectivity index (χ2v) is 14.3. The Labute approximate surface area is 333 Å². The van der Waals surface area contributed by atoms with Gasteiger partial charge < -0.3 is 24.7 Å². The molecule has 0 aliphatic heterocycles. The molecule has 0 atom stereocenters.